The zero-order chi connectivity index (χ0) is 17.5. The van der Waals surface area contributed by atoms with Gasteiger partial charge in [-0.05, 0) is 38.8 Å². The number of pyridine rings is 1. The number of carbonyl (C=O) groups excluding carboxylic acids is 2. The topological polar surface area (TPSA) is 97.5 Å². The maximum absolute atomic E-state index is 11.8. The third kappa shape index (κ3) is 5.49. The Morgan fingerprint density at radius 3 is 2.88 bits per heavy atom. The monoisotopic (exact) mass is 334 g/mol. The van der Waals surface area contributed by atoms with Gasteiger partial charge in [0.25, 0.3) is 0 Å². The number of hydrogen-bond donors (Lipinski definition) is 2. The highest BCUT2D eigenvalue weighted by Gasteiger charge is 2.24. The molecular weight excluding hydrogens is 308 g/mol. The number of anilines is 2. The van der Waals surface area contributed by atoms with Gasteiger partial charge >= 0.3 is 0 Å². The number of rotatable bonds is 7. The molecule has 2 amide bonds. The van der Waals surface area contributed by atoms with Crippen molar-refractivity contribution in [2.24, 2.45) is 11.7 Å². The van der Waals surface area contributed by atoms with Crippen LogP contribution in [-0.4, -0.2) is 42.6 Å². The van der Waals surface area contributed by atoms with Crippen molar-refractivity contribution in [1.82, 2.24) is 4.98 Å². The Kier molecular flexibility index (Phi) is 6.54. The third-order valence-corrected chi connectivity index (χ3v) is 3.96. The Hall–Kier alpha value is -2.15. The van der Waals surface area contributed by atoms with Gasteiger partial charge < -0.3 is 20.7 Å². The Bertz CT molecular complexity index is 559. The first-order chi connectivity index (χ1) is 11.5. The normalized spacial score (nSPS) is 17.8. The van der Waals surface area contributed by atoms with E-state index in [1.165, 1.54) is 0 Å². The van der Waals surface area contributed by atoms with E-state index < -0.39 is 0 Å². The molecular formula is C17H26N4O3. The first-order valence-corrected chi connectivity index (χ1v) is 8.37. The zero-order valence-electron chi connectivity index (χ0n) is 14.3. The van der Waals surface area contributed by atoms with Crippen LogP contribution in [0, 0.1) is 5.92 Å². The molecule has 0 aliphatic carbocycles. The third-order valence-electron chi connectivity index (χ3n) is 3.96. The Morgan fingerprint density at radius 1 is 1.46 bits per heavy atom. The lowest BCUT2D eigenvalue weighted by Crippen LogP contribution is -2.41. The van der Waals surface area contributed by atoms with Crippen LogP contribution in [0.15, 0.2) is 18.3 Å². The van der Waals surface area contributed by atoms with Gasteiger partial charge in [-0.25, -0.2) is 4.98 Å². The largest absolute Gasteiger partial charge is 0.378 e. The average Bonchev–Trinajstić information content (AvgIpc) is 2.55. The molecule has 132 valence electrons. The minimum Gasteiger partial charge on any atom is -0.378 e. The fourth-order valence-corrected chi connectivity index (χ4v) is 2.68. The van der Waals surface area contributed by atoms with Crippen molar-refractivity contribution >= 4 is 23.3 Å². The summed E-state index contributed by atoms with van der Waals surface area (Å²) in [6.45, 7) is 5.72. The molecule has 7 nitrogen and oxygen atoms in total. The minimum absolute atomic E-state index is 0.100. The van der Waals surface area contributed by atoms with Crippen molar-refractivity contribution < 1.29 is 14.3 Å². The number of piperidine rings is 1. The number of aromatic nitrogens is 1. The number of nitrogens with zero attached hydrogens (tertiary/aromatic N) is 2. The summed E-state index contributed by atoms with van der Waals surface area (Å²) in [4.78, 5) is 29.6. The SMILES string of the molecule is CC(C)OCCC(=O)Nc1ccc(N2CCCC(C(N)=O)C2)nc1. The lowest BCUT2D eigenvalue weighted by molar-refractivity contribution is -0.122. The first-order valence-electron chi connectivity index (χ1n) is 8.37. The van der Waals surface area contributed by atoms with Crippen LogP contribution in [0.3, 0.4) is 0 Å². The summed E-state index contributed by atoms with van der Waals surface area (Å²) >= 11 is 0. The molecule has 1 unspecified atom stereocenters. The van der Waals surface area contributed by atoms with Crippen LogP contribution in [0.5, 0.6) is 0 Å². The van der Waals surface area contributed by atoms with E-state index >= 15 is 0 Å². The molecule has 2 rings (SSSR count). The van der Waals surface area contributed by atoms with E-state index in [2.05, 4.69) is 15.2 Å². The highest BCUT2D eigenvalue weighted by Crippen LogP contribution is 2.22. The van der Waals surface area contributed by atoms with Crippen molar-refractivity contribution in [2.75, 3.05) is 29.9 Å². The number of primary amides is 1. The van der Waals surface area contributed by atoms with Crippen molar-refractivity contribution in [3.05, 3.63) is 18.3 Å². The molecule has 1 aliphatic heterocycles. The number of nitrogens with two attached hydrogens (primary N) is 1. The lowest BCUT2D eigenvalue weighted by atomic mass is 9.97. The molecule has 1 aliphatic rings. The highest BCUT2D eigenvalue weighted by molar-refractivity contribution is 5.90. The van der Waals surface area contributed by atoms with Crippen LogP contribution in [0.2, 0.25) is 0 Å². The molecule has 1 aromatic heterocycles. The van der Waals surface area contributed by atoms with Gasteiger partial charge in [-0.15, -0.1) is 0 Å². The predicted octanol–water partition coefficient (Wildman–Crippen LogP) is 1.54. The number of nitrogens with one attached hydrogen (secondary N) is 1. The molecule has 0 spiro atoms. The van der Waals surface area contributed by atoms with E-state index in [-0.39, 0.29) is 23.8 Å². The van der Waals surface area contributed by atoms with Gasteiger partial charge in [0.1, 0.15) is 5.82 Å². The van der Waals surface area contributed by atoms with Crippen LogP contribution < -0.4 is 16.0 Å². The smallest absolute Gasteiger partial charge is 0.226 e. The summed E-state index contributed by atoms with van der Waals surface area (Å²) in [7, 11) is 0. The van der Waals surface area contributed by atoms with Gasteiger partial charge in [-0.2, -0.15) is 0 Å². The molecule has 3 N–H and O–H groups in total. The van der Waals surface area contributed by atoms with E-state index in [9.17, 15) is 9.59 Å². The molecule has 0 saturated carbocycles. The number of amides is 2. The molecule has 1 aromatic rings. The Balaban J connectivity index is 1.86. The van der Waals surface area contributed by atoms with Crippen molar-refractivity contribution in [3.63, 3.8) is 0 Å². The summed E-state index contributed by atoms with van der Waals surface area (Å²) in [5.74, 6) is 0.312. The zero-order valence-corrected chi connectivity index (χ0v) is 14.3. The van der Waals surface area contributed by atoms with Gasteiger partial charge in [0.15, 0.2) is 0 Å². The molecule has 2 heterocycles. The predicted molar refractivity (Wildman–Crippen MR) is 92.7 cm³/mol. The summed E-state index contributed by atoms with van der Waals surface area (Å²) in [5, 5.41) is 2.80. The molecule has 24 heavy (non-hydrogen) atoms. The first kappa shape index (κ1) is 18.2. The summed E-state index contributed by atoms with van der Waals surface area (Å²) in [6, 6.07) is 3.67. The number of hydrogen-bond acceptors (Lipinski definition) is 5. The lowest BCUT2D eigenvalue weighted by Gasteiger charge is -2.32. The van der Waals surface area contributed by atoms with E-state index in [1.807, 2.05) is 26.0 Å². The molecule has 0 bridgehead atoms. The van der Waals surface area contributed by atoms with Crippen molar-refractivity contribution in [1.29, 1.82) is 0 Å². The van der Waals surface area contributed by atoms with E-state index in [1.54, 1.807) is 6.20 Å². The number of carbonyl (C=O) groups is 2. The summed E-state index contributed by atoms with van der Waals surface area (Å²) < 4.78 is 5.36. The Morgan fingerprint density at radius 2 is 2.25 bits per heavy atom. The highest BCUT2D eigenvalue weighted by atomic mass is 16.5. The Labute approximate surface area is 142 Å². The van der Waals surface area contributed by atoms with Gasteiger partial charge in [-0.3, -0.25) is 9.59 Å². The molecule has 1 fully saturated rings. The molecule has 1 atom stereocenters. The molecule has 0 aromatic carbocycles. The summed E-state index contributed by atoms with van der Waals surface area (Å²) in [6.07, 6.45) is 3.81. The summed E-state index contributed by atoms with van der Waals surface area (Å²) in [5.41, 5.74) is 6.05. The van der Waals surface area contributed by atoms with Crippen LogP contribution in [-0.2, 0) is 14.3 Å². The second-order valence-corrected chi connectivity index (χ2v) is 6.31. The standard InChI is InChI=1S/C17H26N4O3/c1-12(2)24-9-7-16(22)20-14-5-6-15(19-10-14)21-8-3-4-13(11-21)17(18)23/h5-6,10,12-13H,3-4,7-9,11H2,1-2H3,(H2,18,23)(H,20,22). The quantitative estimate of drug-likeness (QED) is 0.788. The molecule has 0 radical (unpaired) electrons. The fraction of sp³-hybridized carbons (Fsp3) is 0.588. The fourth-order valence-electron chi connectivity index (χ4n) is 2.68. The average molecular weight is 334 g/mol. The van der Waals surface area contributed by atoms with Crippen LogP contribution >= 0.6 is 0 Å². The van der Waals surface area contributed by atoms with Crippen molar-refractivity contribution in [2.45, 2.75) is 39.2 Å². The van der Waals surface area contributed by atoms with E-state index in [4.69, 9.17) is 10.5 Å². The van der Waals surface area contributed by atoms with Gasteiger partial charge in [-0.1, -0.05) is 0 Å². The van der Waals surface area contributed by atoms with E-state index in [0.29, 0.717) is 25.3 Å². The van der Waals surface area contributed by atoms with Crippen LogP contribution in [0.1, 0.15) is 33.1 Å². The molecule has 7 heteroatoms. The minimum atomic E-state index is -0.257. The maximum atomic E-state index is 11.8. The van der Waals surface area contributed by atoms with Crippen molar-refractivity contribution in [3.8, 4) is 0 Å². The van der Waals surface area contributed by atoms with Crippen LogP contribution in [0.25, 0.3) is 0 Å². The molecule has 1 saturated heterocycles. The second-order valence-electron chi connectivity index (χ2n) is 6.31. The van der Waals surface area contributed by atoms with Gasteiger partial charge in [0, 0.05) is 13.1 Å². The van der Waals surface area contributed by atoms with Crippen LogP contribution in [0.4, 0.5) is 11.5 Å². The van der Waals surface area contributed by atoms with Gasteiger partial charge in [0.05, 0.1) is 36.9 Å². The van der Waals surface area contributed by atoms with E-state index in [0.717, 1.165) is 25.2 Å². The number of ether oxygens (including phenoxy) is 1. The van der Waals surface area contributed by atoms with Gasteiger partial charge in [0.2, 0.25) is 11.8 Å². The second kappa shape index (κ2) is 8.63. The maximum Gasteiger partial charge on any atom is 0.226 e.